The van der Waals surface area contributed by atoms with E-state index in [-0.39, 0.29) is 12.7 Å². The van der Waals surface area contributed by atoms with Crippen molar-refractivity contribution in [3.8, 4) is 16.9 Å². The van der Waals surface area contributed by atoms with Gasteiger partial charge in [0.05, 0.1) is 19.3 Å². The lowest BCUT2D eigenvalue weighted by Gasteiger charge is -2.15. The second-order valence-electron chi connectivity index (χ2n) is 8.91. The van der Waals surface area contributed by atoms with Crippen LogP contribution in [0.1, 0.15) is 30.6 Å². The summed E-state index contributed by atoms with van der Waals surface area (Å²) in [5.74, 6) is 0.834. The third-order valence-corrected chi connectivity index (χ3v) is 6.41. The standard InChI is InChI=1S/C32H30O3/c1-23(27-12-11-25-5-2-3-6-28(25)19-27)35-22-24-7-9-26(10-8-24)29-13-14-31-21-32(34-18-4-17-33)16-15-30(31)20-29/h2-3,5-16,19-21,23,33H,4,17-18,22H2,1H3. The molecule has 0 aliphatic rings. The Bertz CT molecular complexity index is 1420. The number of ether oxygens (including phenoxy) is 2. The molecule has 1 N–H and O–H groups in total. The number of hydrogen-bond acceptors (Lipinski definition) is 3. The predicted molar refractivity (Wildman–Crippen MR) is 144 cm³/mol. The quantitative estimate of drug-likeness (QED) is 0.228. The van der Waals surface area contributed by atoms with Crippen LogP contribution in [0.3, 0.4) is 0 Å². The van der Waals surface area contributed by atoms with Crippen molar-refractivity contribution in [2.24, 2.45) is 0 Å². The van der Waals surface area contributed by atoms with Crippen molar-refractivity contribution in [1.29, 1.82) is 0 Å². The van der Waals surface area contributed by atoms with Gasteiger partial charge in [-0.25, -0.2) is 0 Å². The number of fused-ring (bicyclic) bond motifs is 2. The van der Waals surface area contributed by atoms with Crippen LogP contribution in [-0.2, 0) is 11.3 Å². The Hall–Kier alpha value is -3.66. The molecule has 1 unspecified atom stereocenters. The molecule has 5 aromatic rings. The average Bonchev–Trinajstić information content (AvgIpc) is 2.91. The first-order chi connectivity index (χ1) is 17.2. The highest BCUT2D eigenvalue weighted by atomic mass is 16.5. The highest BCUT2D eigenvalue weighted by Gasteiger charge is 2.08. The van der Waals surface area contributed by atoms with Gasteiger partial charge in [0.1, 0.15) is 5.75 Å². The van der Waals surface area contributed by atoms with Crippen molar-refractivity contribution < 1.29 is 14.6 Å². The maximum atomic E-state index is 8.92. The van der Waals surface area contributed by atoms with E-state index in [0.717, 1.165) is 16.7 Å². The Kier molecular flexibility index (Phi) is 7.08. The molecule has 0 heterocycles. The van der Waals surface area contributed by atoms with Gasteiger partial charge >= 0.3 is 0 Å². The SMILES string of the molecule is CC(OCc1ccc(-c2ccc3cc(OCCCO)ccc3c2)cc1)c1ccc2ccccc2c1. The molecule has 0 saturated carbocycles. The van der Waals surface area contributed by atoms with Gasteiger partial charge in [0.2, 0.25) is 0 Å². The van der Waals surface area contributed by atoms with Crippen LogP contribution in [0.2, 0.25) is 0 Å². The average molecular weight is 463 g/mol. The fourth-order valence-electron chi connectivity index (χ4n) is 4.32. The molecule has 0 saturated heterocycles. The molecule has 5 rings (SSSR count). The third-order valence-electron chi connectivity index (χ3n) is 6.41. The van der Waals surface area contributed by atoms with Gasteiger partial charge in [0.15, 0.2) is 0 Å². The first-order valence-corrected chi connectivity index (χ1v) is 12.2. The molecule has 3 heteroatoms. The van der Waals surface area contributed by atoms with Gasteiger partial charge in [0, 0.05) is 13.0 Å². The molecule has 0 radical (unpaired) electrons. The Morgan fingerprint density at radius 2 is 1.37 bits per heavy atom. The number of rotatable bonds is 9. The summed E-state index contributed by atoms with van der Waals surface area (Å²) in [6.45, 7) is 3.35. The zero-order valence-corrected chi connectivity index (χ0v) is 20.0. The first-order valence-electron chi connectivity index (χ1n) is 12.2. The highest BCUT2D eigenvalue weighted by molar-refractivity contribution is 5.88. The Morgan fingerprint density at radius 3 is 2.20 bits per heavy atom. The van der Waals surface area contributed by atoms with Crippen molar-refractivity contribution in [3.05, 3.63) is 114 Å². The van der Waals surface area contributed by atoms with Crippen LogP contribution in [0.4, 0.5) is 0 Å². The molecule has 35 heavy (non-hydrogen) atoms. The molecule has 0 aliphatic heterocycles. The molecule has 0 aliphatic carbocycles. The minimum atomic E-state index is 0.0253. The summed E-state index contributed by atoms with van der Waals surface area (Å²) in [4.78, 5) is 0. The Balaban J connectivity index is 1.23. The molecule has 3 nitrogen and oxygen atoms in total. The van der Waals surface area contributed by atoms with E-state index in [2.05, 4.69) is 97.9 Å². The molecular weight excluding hydrogens is 432 g/mol. The maximum Gasteiger partial charge on any atom is 0.119 e. The van der Waals surface area contributed by atoms with E-state index in [1.165, 1.54) is 32.8 Å². The molecule has 176 valence electrons. The molecule has 0 bridgehead atoms. The smallest absolute Gasteiger partial charge is 0.119 e. The summed E-state index contributed by atoms with van der Waals surface area (Å²) in [6.07, 6.45) is 0.665. The van der Waals surface area contributed by atoms with Gasteiger partial charge in [0.25, 0.3) is 0 Å². The van der Waals surface area contributed by atoms with Crippen LogP contribution in [0.25, 0.3) is 32.7 Å². The number of aliphatic hydroxyl groups is 1. The normalized spacial score (nSPS) is 12.2. The van der Waals surface area contributed by atoms with Gasteiger partial charge in [-0.3, -0.25) is 0 Å². The lowest BCUT2D eigenvalue weighted by Crippen LogP contribution is -2.00. The summed E-state index contributed by atoms with van der Waals surface area (Å²) < 4.78 is 11.9. The predicted octanol–water partition coefficient (Wildman–Crippen LogP) is 7.70. The fraction of sp³-hybridized carbons (Fsp3) is 0.188. The molecule has 0 aromatic heterocycles. The Morgan fingerprint density at radius 1 is 0.686 bits per heavy atom. The lowest BCUT2D eigenvalue weighted by atomic mass is 10.00. The highest BCUT2D eigenvalue weighted by Crippen LogP contribution is 2.28. The van der Waals surface area contributed by atoms with E-state index >= 15 is 0 Å². The van der Waals surface area contributed by atoms with Crippen LogP contribution in [-0.4, -0.2) is 18.3 Å². The zero-order valence-electron chi connectivity index (χ0n) is 20.0. The second kappa shape index (κ2) is 10.7. The van der Waals surface area contributed by atoms with Crippen molar-refractivity contribution in [2.75, 3.05) is 13.2 Å². The molecule has 0 amide bonds. The summed E-state index contributed by atoms with van der Waals surface area (Å²) in [5, 5.41) is 13.7. The zero-order chi connectivity index (χ0) is 24.0. The number of benzene rings is 5. The third kappa shape index (κ3) is 5.54. The van der Waals surface area contributed by atoms with Crippen LogP contribution < -0.4 is 4.74 Å². The van der Waals surface area contributed by atoms with Crippen molar-refractivity contribution in [3.63, 3.8) is 0 Å². The van der Waals surface area contributed by atoms with Gasteiger partial charge in [-0.2, -0.15) is 0 Å². The van der Waals surface area contributed by atoms with E-state index in [1.807, 2.05) is 12.1 Å². The van der Waals surface area contributed by atoms with Crippen LogP contribution in [0.15, 0.2) is 103 Å². The van der Waals surface area contributed by atoms with Crippen molar-refractivity contribution in [1.82, 2.24) is 0 Å². The maximum absolute atomic E-state index is 8.92. The van der Waals surface area contributed by atoms with Gasteiger partial charge in [-0.1, -0.05) is 78.9 Å². The molecule has 0 spiro atoms. The van der Waals surface area contributed by atoms with Crippen molar-refractivity contribution >= 4 is 21.5 Å². The minimum absolute atomic E-state index is 0.0253. The van der Waals surface area contributed by atoms with E-state index in [0.29, 0.717) is 19.6 Å². The fourth-order valence-corrected chi connectivity index (χ4v) is 4.32. The van der Waals surface area contributed by atoms with Crippen LogP contribution in [0.5, 0.6) is 5.75 Å². The second-order valence-corrected chi connectivity index (χ2v) is 8.91. The lowest BCUT2D eigenvalue weighted by molar-refractivity contribution is 0.0526. The summed E-state index contributed by atoms with van der Waals surface area (Å²) >= 11 is 0. The van der Waals surface area contributed by atoms with E-state index in [4.69, 9.17) is 14.6 Å². The summed E-state index contributed by atoms with van der Waals surface area (Å²) in [6, 6.07) is 36.2. The van der Waals surface area contributed by atoms with E-state index in [9.17, 15) is 0 Å². The van der Waals surface area contributed by atoms with Gasteiger partial charge in [-0.05, 0) is 75.0 Å². The van der Waals surface area contributed by atoms with E-state index in [1.54, 1.807) is 0 Å². The Labute approximate surface area is 206 Å². The molecular formula is C32H30O3. The largest absolute Gasteiger partial charge is 0.493 e. The molecule has 5 aromatic carbocycles. The molecule has 0 fully saturated rings. The van der Waals surface area contributed by atoms with Gasteiger partial charge < -0.3 is 14.6 Å². The first kappa shape index (κ1) is 23.1. The molecule has 1 atom stereocenters. The minimum Gasteiger partial charge on any atom is -0.493 e. The topological polar surface area (TPSA) is 38.7 Å². The van der Waals surface area contributed by atoms with E-state index < -0.39 is 0 Å². The number of hydrogen-bond donors (Lipinski definition) is 1. The monoisotopic (exact) mass is 462 g/mol. The number of aliphatic hydroxyl groups excluding tert-OH is 1. The van der Waals surface area contributed by atoms with Gasteiger partial charge in [-0.15, -0.1) is 0 Å². The van der Waals surface area contributed by atoms with Crippen LogP contribution >= 0.6 is 0 Å². The van der Waals surface area contributed by atoms with Crippen molar-refractivity contribution in [2.45, 2.75) is 26.1 Å². The summed E-state index contributed by atoms with van der Waals surface area (Å²) in [5.41, 5.74) is 4.72. The summed E-state index contributed by atoms with van der Waals surface area (Å²) in [7, 11) is 0. The van der Waals surface area contributed by atoms with Crippen LogP contribution in [0, 0.1) is 0 Å².